The lowest BCUT2D eigenvalue weighted by Crippen LogP contribution is -2.42. The molecule has 1 atom stereocenters. The van der Waals surface area contributed by atoms with Crippen LogP contribution < -0.4 is 5.69 Å². The Morgan fingerprint density at radius 1 is 1.14 bits per heavy atom. The molecule has 0 spiro atoms. The molecular weight excluding hydrogens is 460 g/mol. The van der Waals surface area contributed by atoms with Gasteiger partial charge in [-0.05, 0) is 83.4 Å². The van der Waals surface area contributed by atoms with E-state index in [0.29, 0.717) is 44.2 Å². The number of aromatic nitrogens is 3. The molecule has 1 amide bonds. The van der Waals surface area contributed by atoms with Crippen LogP contribution in [0.2, 0.25) is 0 Å². The number of piperidine rings is 1. The van der Waals surface area contributed by atoms with E-state index < -0.39 is 5.60 Å². The zero-order valence-electron chi connectivity index (χ0n) is 22.5. The second-order valence-electron chi connectivity index (χ2n) is 10.6. The highest BCUT2D eigenvalue weighted by molar-refractivity contribution is 5.72. The normalized spacial score (nSPS) is 15.6. The first kappa shape index (κ1) is 27.5. The summed E-state index contributed by atoms with van der Waals surface area (Å²) in [6, 6.07) is 7.68. The van der Waals surface area contributed by atoms with Crippen LogP contribution in [0.5, 0.6) is 0 Å². The number of amides is 1. The number of methoxy groups -OCH3 is 1. The van der Waals surface area contributed by atoms with Gasteiger partial charge < -0.3 is 14.4 Å². The van der Waals surface area contributed by atoms with Crippen LogP contribution in [-0.4, -0.2) is 57.1 Å². The third-order valence-corrected chi connectivity index (χ3v) is 6.72. The maximum atomic E-state index is 13.1. The summed E-state index contributed by atoms with van der Waals surface area (Å²) in [4.78, 5) is 39.1. The molecule has 2 heterocycles. The molecule has 3 rings (SSSR count). The van der Waals surface area contributed by atoms with Gasteiger partial charge in [0, 0.05) is 19.6 Å². The average Bonchev–Trinajstić information content (AvgIpc) is 3.13. The maximum absolute atomic E-state index is 13.1. The minimum atomic E-state index is -0.493. The summed E-state index contributed by atoms with van der Waals surface area (Å²) in [6.07, 6.45) is 3.67. The Morgan fingerprint density at radius 3 is 2.33 bits per heavy atom. The maximum Gasteiger partial charge on any atom is 0.410 e. The molecule has 0 N–H and O–H groups in total. The number of esters is 1. The first-order valence-electron chi connectivity index (χ1n) is 12.8. The zero-order valence-corrected chi connectivity index (χ0v) is 22.5. The van der Waals surface area contributed by atoms with Crippen LogP contribution in [0.25, 0.3) is 5.69 Å². The Bertz CT molecular complexity index is 1090. The molecule has 1 aromatic carbocycles. The highest BCUT2D eigenvalue weighted by atomic mass is 16.6. The number of nitrogens with zero attached hydrogens (tertiary/aromatic N) is 4. The summed E-state index contributed by atoms with van der Waals surface area (Å²) in [5.74, 6) is 0.685. The van der Waals surface area contributed by atoms with Crippen molar-refractivity contribution in [1.29, 1.82) is 0 Å². The molecule has 1 fully saturated rings. The Hall–Kier alpha value is -3.10. The van der Waals surface area contributed by atoms with Crippen molar-refractivity contribution in [2.45, 2.75) is 78.9 Å². The van der Waals surface area contributed by atoms with E-state index in [4.69, 9.17) is 9.47 Å². The highest BCUT2D eigenvalue weighted by Crippen LogP contribution is 2.23. The summed E-state index contributed by atoms with van der Waals surface area (Å²) in [5.41, 5.74) is 1.12. The van der Waals surface area contributed by atoms with Crippen molar-refractivity contribution in [2.24, 2.45) is 11.8 Å². The number of ether oxygens (including phenoxy) is 2. The largest absolute Gasteiger partial charge is 0.469 e. The van der Waals surface area contributed by atoms with Gasteiger partial charge in [0.1, 0.15) is 11.4 Å². The first-order chi connectivity index (χ1) is 17.0. The van der Waals surface area contributed by atoms with Crippen LogP contribution in [0, 0.1) is 18.8 Å². The summed E-state index contributed by atoms with van der Waals surface area (Å²) in [5, 5.41) is 4.49. The van der Waals surface area contributed by atoms with Crippen LogP contribution in [0.15, 0.2) is 29.1 Å². The third kappa shape index (κ3) is 6.98. The first-order valence-corrected chi connectivity index (χ1v) is 12.8. The second kappa shape index (κ2) is 11.8. The lowest BCUT2D eigenvalue weighted by Gasteiger charge is -2.33. The standard InChI is InChI=1S/C27H40N4O5/c1-7-22(24(32)35-6)18-21-8-10-23(11-9-21)31-19(2)28-30(25(31)33)17-14-20-12-15-29(16-13-20)26(34)36-27(3,4)5/h8-11,20,22H,7,12-18H2,1-6H3. The number of likely N-dealkylation sites (tertiary alicyclic amines) is 1. The van der Waals surface area contributed by atoms with E-state index in [1.165, 1.54) is 11.8 Å². The van der Waals surface area contributed by atoms with Crippen molar-refractivity contribution in [3.63, 3.8) is 0 Å². The Labute approximate surface area is 213 Å². The van der Waals surface area contributed by atoms with Gasteiger partial charge in [0.25, 0.3) is 0 Å². The minimum Gasteiger partial charge on any atom is -0.469 e. The Morgan fingerprint density at radius 2 is 1.78 bits per heavy atom. The Balaban J connectivity index is 1.58. The molecule has 0 aliphatic carbocycles. The van der Waals surface area contributed by atoms with Crippen LogP contribution in [0.1, 0.15) is 64.8 Å². The molecule has 0 radical (unpaired) electrons. The molecule has 36 heavy (non-hydrogen) atoms. The van der Waals surface area contributed by atoms with Gasteiger partial charge in [0.05, 0.1) is 18.7 Å². The number of aryl methyl sites for hydroxylation is 2. The van der Waals surface area contributed by atoms with Gasteiger partial charge in [0.15, 0.2) is 0 Å². The molecule has 9 nitrogen and oxygen atoms in total. The third-order valence-electron chi connectivity index (χ3n) is 6.72. The van der Waals surface area contributed by atoms with Gasteiger partial charge in [-0.1, -0.05) is 19.1 Å². The quantitative estimate of drug-likeness (QED) is 0.506. The van der Waals surface area contributed by atoms with E-state index in [0.717, 1.165) is 30.5 Å². The van der Waals surface area contributed by atoms with E-state index in [2.05, 4.69) is 5.10 Å². The molecular formula is C27H40N4O5. The fourth-order valence-electron chi connectivity index (χ4n) is 4.62. The minimum absolute atomic E-state index is 0.160. The van der Waals surface area contributed by atoms with Crippen molar-refractivity contribution in [3.8, 4) is 5.69 Å². The summed E-state index contributed by atoms with van der Waals surface area (Å²) >= 11 is 0. The number of benzene rings is 1. The summed E-state index contributed by atoms with van der Waals surface area (Å²) in [7, 11) is 1.41. The van der Waals surface area contributed by atoms with Crippen LogP contribution in [0.4, 0.5) is 4.79 Å². The molecule has 1 unspecified atom stereocenters. The van der Waals surface area contributed by atoms with Gasteiger partial charge in [-0.2, -0.15) is 5.10 Å². The smallest absolute Gasteiger partial charge is 0.410 e. The van der Waals surface area contributed by atoms with Crippen molar-refractivity contribution < 1.29 is 19.1 Å². The van der Waals surface area contributed by atoms with Crippen molar-refractivity contribution >= 4 is 12.1 Å². The van der Waals surface area contributed by atoms with Crippen molar-refractivity contribution in [3.05, 3.63) is 46.1 Å². The monoisotopic (exact) mass is 500 g/mol. The van der Waals surface area contributed by atoms with Crippen molar-refractivity contribution in [1.82, 2.24) is 19.2 Å². The molecule has 1 saturated heterocycles. The molecule has 2 aromatic rings. The zero-order chi connectivity index (χ0) is 26.5. The number of carbonyl (C=O) groups excluding carboxylic acids is 2. The molecule has 0 saturated carbocycles. The molecule has 9 heteroatoms. The molecule has 1 aliphatic heterocycles. The van der Waals surface area contributed by atoms with Crippen molar-refractivity contribution in [2.75, 3.05) is 20.2 Å². The fraction of sp³-hybridized carbons (Fsp3) is 0.630. The van der Waals surface area contributed by atoms with Gasteiger partial charge >= 0.3 is 17.8 Å². The second-order valence-corrected chi connectivity index (χ2v) is 10.6. The molecule has 1 aromatic heterocycles. The van der Waals surface area contributed by atoms with E-state index in [1.54, 1.807) is 9.47 Å². The number of carbonyl (C=O) groups is 2. The molecule has 1 aliphatic rings. The van der Waals surface area contributed by atoms with Crippen LogP contribution in [-0.2, 0) is 27.2 Å². The van der Waals surface area contributed by atoms with Gasteiger partial charge in [-0.25, -0.2) is 18.8 Å². The lowest BCUT2D eigenvalue weighted by atomic mass is 9.94. The topological polar surface area (TPSA) is 95.7 Å². The van der Waals surface area contributed by atoms with E-state index >= 15 is 0 Å². The number of hydrogen-bond acceptors (Lipinski definition) is 6. The predicted octanol–water partition coefficient (Wildman–Crippen LogP) is 4.12. The van der Waals surface area contributed by atoms with Gasteiger partial charge in [-0.3, -0.25) is 4.79 Å². The van der Waals surface area contributed by atoms with E-state index in [9.17, 15) is 14.4 Å². The van der Waals surface area contributed by atoms with Gasteiger partial charge in [0.2, 0.25) is 0 Å². The Kier molecular flexibility index (Phi) is 8.98. The van der Waals surface area contributed by atoms with E-state index in [-0.39, 0.29) is 23.7 Å². The molecule has 198 valence electrons. The van der Waals surface area contributed by atoms with Crippen LogP contribution >= 0.6 is 0 Å². The SMILES string of the molecule is CCC(Cc1ccc(-n2c(C)nn(CCC3CCN(C(=O)OC(C)(C)C)CC3)c2=O)cc1)C(=O)OC. The number of hydrogen-bond donors (Lipinski definition) is 0. The summed E-state index contributed by atoms with van der Waals surface area (Å²) < 4.78 is 13.5. The highest BCUT2D eigenvalue weighted by Gasteiger charge is 2.27. The predicted molar refractivity (Wildman–Crippen MR) is 137 cm³/mol. The molecule has 0 bridgehead atoms. The summed E-state index contributed by atoms with van der Waals surface area (Å²) in [6.45, 7) is 11.3. The van der Waals surface area contributed by atoms with E-state index in [1.807, 2.05) is 58.9 Å². The lowest BCUT2D eigenvalue weighted by molar-refractivity contribution is -0.145. The van der Waals surface area contributed by atoms with Gasteiger partial charge in [-0.15, -0.1) is 0 Å². The fourth-order valence-corrected chi connectivity index (χ4v) is 4.62. The number of rotatable bonds is 8. The van der Waals surface area contributed by atoms with Crippen LogP contribution in [0.3, 0.4) is 0 Å². The average molecular weight is 501 g/mol.